The lowest BCUT2D eigenvalue weighted by atomic mass is 9.91. The first kappa shape index (κ1) is 12.5. The smallest absolute Gasteiger partial charge is 0.123 e. The second-order valence-electron chi connectivity index (χ2n) is 5.65. The van der Waals surface area contributed by atoms with E-state index < -0.39 is 0 Å². The van der Waals surface area contributed by atoms with E-state index in [1.165, 1.54) is 30.7 Å². The summed E-state index contributed by atoms with van der Waals surface area (Å²) in [6, 6.07) is 7.05. The van der Waals surface area contributed by atoms with Crippen molar-refractivity contribution in [1.29, 1.82) is 0 Å². The maximum atomic E-state index is 12.9. The van der Waals surface area contributed by atoms with Crippen LogP contribution in [0.25, 0.3) is 5.70 Å². The Bertz CT molecular complexity index is 518. The monoisotopic (exact) mass is 258 g/mol. The van der Waals surface area contributed by atoms with Crippen LogP contribution in [0, 0.1) is 17.7 Å². The SMILES string of the molecule is C=C(N=C(C)C1CC2CC1CN2)c1ccc(F)cc1. The third-order valence-corrected chi connectivity index (χ3v) is 4.39. The van der Waals surface area contributed by atoms with E-state index in [2.05, 4.69) is 23.8 Å². The molecule has 2 bridgehead atoms. The number of aliphatic imine (C=N–C) groups is 1. The Hall–Kier alpha value is -1.48. The molecule has 100 valence electrons. The first-order chi connectivity index (χ1) is 9.13. The summed E-state index contributed by atoms with van der Waals surface area (Å²) in [4.78, 5) is 4.65. The summed E-state index contributed by atoms with van der Waals surface area (Å²) >= 11 is 0. The van der Waals surface area contributed by atoms with Gasteiger partial charge in [0.1, 0.15) is 5.82 Å². The van der Waals surface area contributed by atoms with Gasteiger partial charge in [0.05, 0.1) is 5.70 Å². The van der Waals surface area contributed by atoms with Gasteiger partial charge in [-0.05, 0) is 62.1 Å². The minimum absolute atomic E-state index is 0.226. The first-order valence-electron chi connectivity index (χ1n) is 6.87. The summed E-state index contributed by atoms with van der Waals surface area (Å²) < 4.78 is 12.9. The van der Waals surface area contributed by atoms with E-state index in [1.807, 2.05) is 0 Å². The summed E-state index contributed by atoms with van der Waals surface area (Å²) in [5.74, 6) is 1.09. The molecule has 3 unspecified atom stereocenters. The normalized spacial score (nSPS) is 29.8. The molecule has 2 aliphatic rings. The second kappa shape index (κ2) is 4.89. The quantitative estimate of drug-likeness (QED) is 0.827. The van der Waals surface area contributed by atoms with E-state index in [9.17, 15) is 4.39 Å². The summed E-state index contributed by atoms with van der Waals surface area (Å²) in [5, 5.41) is 3.51. The minimum atomic E-state index is -0.226. The Morgan fingerprint density at radius 3 is 2.63 bits per heavy atom. The maximum Gasteiger partial charge on any atom is 0.123 e. The second-order valence-corrected chi connectivity index (χ2v) is 5.65. The highest BCUT2D eigenvalue weighted by atomic mass is 19.1. The molecule has 2 fully saturated rings. The van der Waals surface area contributed by atoms with Crippen LogP contribution in [0.5, 0.6) is 0 Å². The van der Waals surface area contributed by atoms with Crippen molar-refractivity contribution in [3.63, 3.8) is 0 Å². The Labute approximate surface area is 113 Å². The van der Waals surface area contributed by atoms with Crippen molar-refractivity contribution < 1.29 is 4.39 Å². The molecule has 0 aromatic heterocycles. The van der Waals surface area contributed by atoms with Crippen molar-refractivity contribution in [2.75, 3.05) is 6.54 Å². The van der Waals surface area contributed by atoms with E-state index >= 15 is 0 Å². The number of nitrogens with one attached hydrogen (secondary N) is 1. The zero-order chi connectivity index (χ0) is 13.4. The van der Waals surface area contributed by atoms with Gasteiger partial charge in [0, 0.05) is 17.7 Å². The predicted molar refractivity (Wildman–Crippen MR) is 76.5 cm³/mol. The van der Waals surface area contributed by atoms with E-state index in [-0.39, 0.29) is 5.82 Å². The summed E-state index contributed by atoms with van der Waals surface area (Å²) in [6.07, 6.45) is 2.47. The molecule has 1 saturated carbocycles. The van der Waals surface area contributed by atoms with Crippen molar-refractivity contribution in [3.05, 3.63) is 42.2 Å². The fraction of sp³-hybridized carbons (Fsp3) is 0.438. The van der Waals surface area contributed by atoms with Crippen molar-refractivity contribution in [3.8, 4) is 0 Å². The molecule has 0 radical (unpaired) electrons. The fourth-order valence-corrected chi connectivity index (χ4v) is 3.35. The number of nitrogens with zero attached hydrogens (tertiary/aromatic N) is 1. The molecule has 1 aliphatic heterocycles. The molecule has 3 heteroatoms. The molecule has 1 saturated heterocycles. The Morgan fingerprint density at radius 2 is 2.05 bits per heavy atom. The van der Waals surface area contributed by atoms with Gasteiger partial charge in [0.25, 0.3) is 0 Å². The van der Waals surface area contributed by atoms with Crippen LogP contribution >= 0.6 is 0 Å². The number of rotatable bonds is 3. The van der Waals surface area contributed by atoms with Crippen LogP contribution in [0.2, 0.25) is 0 Å². The fourth-order valence-electron chi connectivity index (χ4n) is 3.35. The van der Waals surface area contributed by atoms with E-state index in [4.69, 9.17) is 0 Å². The molecule has 1 aromatic rings. The van der Waals surface area contributed by atoms with Crippen LogP contribution in [0.3, 0.4) is 0 Å². The number of benzene rings is 1. The number of halogens is 1. The molecule has 2 nitrogen and oxygen atoms in total. The van der Waals surface area contributed by atoms with Gasteiger partial charge in [-0.2, -0.15) is 0 Å². The van der Waals surface area contributed by atoms with Crippen LogP contribution in [0.15, 0.2) is 35.8 Å². The Morgan fingerprint density at radius 1 is 1.32 bits per heavy atom. The molecule has 1 N–H and O–H groups in total. The maximum absolute atomic E-state index is 12.9. The van der Waals surface area contributed by atoms with Gasteiger partial charge in [-0.15, -0.1) is 0 Å². The van der Waals surface area contributed by atoms with Crippen molar-refractivity contribution in [1.82, 2.24) is 5.32 Å². The number of piperidine rings is 1. The lowest BCUT2D eigenvalue weighted by Crippen LogP contribution is -2.32. The topological polar surface area (TPSA) is 24.4 Å². The number of fused-ring (bicyclic) bond motifs is 2. The molecule has 1 aliphatic carbocycles. The third kappa shape index (κ3) is 2.47. The minimum Gasteiger partial charge on any atom is -0.314 e. The highest BCUT2D eigenvalue weighted by molar-refractivity contribution is 5.90. The molecular formula is C16H19FN2. The molecule has 1 aromatic carbocycles. The van der Waals surface area contributed by atoms with Gasteiger partial charge in [-0.25, -0.2) is 4.39 Å². The summed E-state index contributed by atoms with van der Waals surface area (Å²) in [5.41, 5.74) is 2.79. The Balaban J connectivity index is 1.74. The largest absolute Gasteiger partial charge is 0.314 e. The molecule has 1 heterocycles. The van der Waals surface area contributed by atoms with E-state index in [0.717, 1.165) is 23.7 Å². The lowest BCUT2D eigenvalue weighted by Gasteiger charge is -2.22. The van der Waals surface area contributed by atoms with Gasteiger partial charge >= 0.3 is 0 Å². The van der Waals surface area contributed by atoms with Crippen LogP contribution in [-0.4, -0.2) is 18.3 Å². The molecule has 19 heavy (non-hydrogen) atoms. The molecule has 0 amide bonds. The van der Waals surface area contributed by atoms with E-state index in [1.54, 1.807) is 12.1 Å². The predicted octanol–water partition coefficient (Wildman–Crippen LogP) is 3.26. The van der Waals surface area contributed by atoms with Gasteiger partial charge in [0.2, 0.25) is 0 Å². The van der Waals surface area contributed by atoms with E-state index in [0.29, 0.717) is 12.0 Å². The van der Waals surface area contributed by atoms with Gasteiger partial charge in [-0.3, -0.25) is 4.99 Å². The van der Waals surface area contributed by atoms with Crippen LogP contribution in [0.1, 0.15) is 25.3 Å². The number of hydrogen-bond acceptors (Lipinski definition) is 2. The van der Waals surface area contributed by atoms with Crippen molar-refractivity contribution in [2.45, 2.75) is 25.8 Å². The number of hydrogen-bond donors (Lipinski definition) is 1. The van der Waals surface area contributed by atoms with Gasteiger partial charge in [-0.1, -0.05) is 6.58 Å². The molecule has 3 atom stereocenters. The lowest BCUT2D eigenvalue weighted by molar-refractivity contribution is 0.435. The summed E-state index contributed by atoms with van der Waals surface area (Å²) in [7, 11) is 0. The molecule has 3 rings (SSSR count). The average molecular weight is 258 g/mol. The van der Waals surface area contributed by atoms with Crippen molar-refractivity contribution >= 4 is 11.4 Å². The molecular weight excluding hydrogens is 239 g/mol. The zero-order valence-electron chi connectivity index (χ0n) is 11.2. The van der Waals surface area contributed by atoms with Gasteiger partial charge in [0.15, 0.2) is 0 Å². The van der Waals surface area contributed by atoms with Gasteiger partial charge < -0.3 is 5.32 Å². The standard InChI is InChI=1S/C16H19FN2/c1-10(12-3-5-14(17)6-4-12)19-11(2)16-8-15-7-13(16)9-18-15/h3-6,13,15-16,18H,1,7-9H2,2H3. The third-order valence-electron chi connectivity index (χ3n) is 4.39. The zero-order valence-corrected chi connectivity index (χ0v) is 11.2. The van der Waals surface area contributed by atoms with Crippen LogP contribution in [0.4, 0.5) is 4.39 Å². The Kier molecular flexibility index (Phi) is 3.23. The highest BCUT2D eigenvalue weighted by Crippen LogP contribution is 2.37. The van der Waals surface area contributed by atoms with Crippen LogP contribution in [-0.2, 0) is 0 Å². The molecule has 0 spiro atoms. The van der Waals surface area contributed by atoms with Crippen molar-refractivity contribution in [2.24, 2.45) is 16.8 Å². The average Bonchev–Trinajstić information content (AvgIpc) is 3.01. The highest BCUT2D eigenvalue weighted by Gasteiger charge is 2.40. The van der Waals surface area contributed by atoms with Crippen LogP contribution < -0.4 is 5.32 Å². The first-order valence-corrected chi connectivity index (χ1v) is 6.87. The summed E-state index contributed by atoms with van der Waals surface area (Å²) in [6.45, 7) is 7.22.